The number of benzene rings is 1. The molecule has 6 heteroatoms. The molecule has 0 fully saturated rings. The van der Waals surface area contributed by atoms with Crippen molar-refractivity contribution in [3.8, 4) is 11.5 Å². The summed E-state index contributed by atoms with van der Waals surface area (Å²) >= 11 is 0. The van der Waals surface area contributed by atoms with E-state index in [9.17, 15) is 18.0 Å². The Labute approximate surface area is 108 Å². The van der Waals surface area contributed by atoms with E-state index in [0.29, 0.717) is 5.56 Å². The van der Waals surface area contributed by atoms with Crippen LogP contribution in [0.2, 0.25) is 0 Å². The molecule has 0 N–H and O–H groups in total. The molecule has 1 atom stereocenters. The molecule has 0 saturated carbocycles. The summed E-state index contributed by atoms with van der Waals surface area (Å²) < 4.78 is 49.0. The highest BCUT2D eigenvalue weighted by Crippen LogP contribution is 2.46. The second kappa shape index (κ2) is 5.11. The van der Waals surface area contributed by atoms with Crippen LogP contribution in [0.3, 0.4) is 0 Å². The third-order valence-electron chi connectivity index (χ3n) is 3.00. The molecule has 0 spiro atoms. The van der Waals surface area contributed by atoms with E-state index in [0.717, 1.165) is 12.4 Å². The number of carbonyl (C=O) groups excluding carboxylic acids is 1. The van der Waals surface area contributed by atoms with Crippen LogP contribution in [0.25, 0.3) is 0 Å². The second-order valence-electron chi connectivity index (χ2n) is 4.36. The Kier molecular flexibility index (Phi) is 3.68. The van der Waals surface area contributed by atoms with Crippen molar-refractivity contribution in [1.29, 1.82) is 0 Å². The fraction of sp³-hybridized carbons (Fsp3) is 0.462. The zero-order chi connectivity index (χ0) is 14.0. The minimum atomic E-state index is -4.49. The van der Waals surface area contributed by atoms with Gasteiger partial charge in [-0.25, -0.2) is 0 Å². The summed E-state index contributed by atoms with van der Waals surface area (Å²) in [4.78, 5) is 10.5. The largest absolute Gasteiger partial charge is 0.486 e. The molecule has 19 heavy (non-hydrogen) atoms. The first-order valence-corrected chi connectivity index (χ1v) is 5.88. The molecule has 0 radical (unpaired) electrons. The Morgan fingerprint density at radius 2 is 1.89 bits per heavy atom. The van der Waals surface area contributed by atoms with Crippen LogP contribution >= 0.6 is 0 Å². The molecule has 1 aliphatic heterocycles. The Bertz CT molecular complexity index is 483. The maximum Gasteiger partial charge on any atom is 0.420 e. The molecule has 0 bridgehead atoms. The highest BCUT2D eigenvalue weighted by atomic mass is 19.4. The highest BCUT2D eigenvalue weighted by Gasteiger charge is 2.38. The van der Waals surface area contributed by atoms with Crippen molar-refractivity contribution in [2.75, 3.05) is 13.2 Å². The number of alkyl halides is 3. The van der Waals surface area contributed by atoms with Gasteiger partial charge in [-0.1, -0.05) is 13.0 Å². The number of aldehydes is 1. The van der Waals surface area contributed by atoms with Crippen LogP contribution in [-0.4, -0.2) is 19.5 Å². The normalized spacial score (nSPS) is 16.0. The number of halogens is 3. The molecule has 3 nitrogen and oxygen atoms in total. The monoisotopic (exact) mass is 274 g/mol. The predicted molar refractivity (Wildman–Crippen MR) is 61.5 cm³/mol. The Morgan fingerprint density at radius 3 is 2.47 bits per heavy atom. The molecule has 1 aromatic carbocycles. The van der Waals surface area contributed by atoms with Crippen molar-refractivity contribution in [3.63, 3.8) is 0 Å². The summed E-state index contributed by atoms with van der Waals surface area (Å²) in [6.07, 6.45) is -3.53. The van der Waals surface area contributed by atoms with Gasteiger partial charge < -0.3 is 14.3 Å². The Hall–Kier alpha value is -1.72. The van der Waals surface area contributed by atoms with Crippen molar-refractivity contribution in [2.24, 2.45) is 0 Å². The average molecular weight is 274 g/mol. The van der Waals surface area contributed by atoms with E-state index in [1.165, 1.54) is 6.07 Å². The molecule has 1 aliphatic rings. The molecule has 0 amide bonds. The fourth-order valence-electron chi connectivity index (χ4n) is 2.04. The molecule has 0 saturated heterocycles. The summed E-state index contributed by atoms with van der Waals surface area (Å²) in [6, 6.07) is 2.33. The lowest BCUT2D eigenvalue weighted by atomic mass is 9.95. The van der Waals surface area contributed by atoms with Crippen molar-refractivity contribution in [1.82, 2.24) is 0 Å². The van der Waals surface area contributed by atoms with Gasteiger partial charge >= 0.3 is 6.18 Å². The van der Waals surface area contributed by atoms with Gasteiger partial charge in [-0.05, 0) is 12.0 Å². The molecular formula is C13H13F3O3. The average Bonchev–Trinajstić information content (AvgIpc) is 2.36. The molecule has 0 aliphatic carbocycles. The van der Waals surface area contributed by atoms with Crippen molar-refractivity contribution >= 4 is 6.29 Å². The number of hydrogen-bond acceptors (Lipinski definition) is 3. The maximum absolute atomic E-state index is 12.9. The molecule has 2 rings (SSSR count). The van der Waals surface area contributed by atoms with Gasteiger partial charge in [-0.15, -0.1) is 0 Å². The number of ether oxygens (including phenoxy) is 2. The summed E-state index contributed by atoms with van der Waals surface area (Å²) in [5.41, 5.74) is -0.279. The van der Waals surface area contributed by atoms with Crippen LogP contribution in [0.15, 0.2) is 12.1 Å². The fourth-order valence-corrected chi connectivity index (χ4v) is 2.04. The van der Waals surface area contributed by atoms with E-state index in [1.54, 1.807) is 6.92 Å². The van der Waals surface area contributed by atoms with Crippen molar-refractivity contribution in [3.05, 3.63) is 23.3 Å². The van der Waals surface area contributed by atoms with Crippen LogP contribution < -0.4 is 9.47 Å². The van der Waals surface area contributed by atoms with E-state index in [-0.39, 0.29) is 37.1 Å². The molecule has 104 valence electrons. The van der Waals surface area contributed by atoms with Gasteiger partial charge in [0.2, 0.25) is 0 Å². The third kappa shape index (κ3) is 2.67. The quantitative estimate of drug-likeness (QED) is 0.794. The van der Waals surface area contributed by atoms with Crippen molar-refractivity contribution < 1.29 is 27.4 Å². The first-order valence-electron chi connectivity index (χ1n) is 5.88. The standard InChI is InChI=1S/C13H13F3O3/c1-8(4-5-17)9-2-3-10(13(14,15)16)12-11(9)18-6-7-19-12/h2-3,5,8H,4,6-7H2,1H3. The zero-order valence-corrected chi connectivity index (χ0v) is 10.3. The highest BCUT2D eigenvalue weighted by molar-refractivity contribution is 5.58. The lowest BCUT2D eigenvalue weighted by molar-refractivity contribution is -0.139. The molecule has 1 aromatic rings. The topological polar surface area (TPSA) is 35.5 Å². The van der Waals surface area contributed by atoms with Gasteiger partial charge in [0.15, 0.2) is 11.5 Å². The van der Waals surface area contributed by atoms with E-state index in [4.69, 9.17) is 9.47 Å². The molecule has 1 unspecified atom stereocenters. The first kappa shape index (κ1) is 13.7. The minimum Gasteiger partial charge on any atom is -0.486 e. The lowest BCUT2D eigenvalue weighted by Gasteiger charge is -2.26. The van der Waals surface area contributed by atoms with E-state index >= 15 is 0 Å². The molecule has 1 heterocycles. The SMILES string of the molecule is CC(CC=O)c1ccc(C(F)(F)F)c2c1OCCO2. The summed E-state index contributed by atoms with van der Waals surface area (Å²) in [5, 5.41) is 0. The second-order valence-corrected chi connectivity index (χ2v) is 4.36. The summed E-state index contributed by atoms with van der Waals surface area (Å²) in [7, 11) is 0. The van der Waals surface area contributed by atoms with E-state index in [2.05, 4.69) is 0 Å². The predicted octanol–water partition coefficient (Wildman–Crippen LogP) is 3.17. The Morgan fingerprint density at radius 1 is 1.26 bits per heavy atom. The van der Waals surface area contributed by atoms with E-state index in [1.807, 2.05) is 0 Å². The number of hydrogen-bond donors (Lipinski definition) is 0. The van der Waals surface area contributed by atoms with E-state index < -0.39 is 11.7 Å². The number of carbonyl (C=O) groups is 1. The van der Waals surface area contributed by atoms with Crippen LogP contribution in [0.1, 0.15) is 30.4 Å². The smallest absolute Gasteiger partial charge is 0.420 e. The van der Waals surface area contributed by atoms with Crippen molar-refractivity contribution in [2.45, 2.75) is 25.4 Å². The van der Waals surface area contributed by atoms with Crippen LogP contribution in [0, 0.1) is 0 Å². The van der Waals surface area contributed by atoms with Crippen LogP contribution in [0.4, 0.5) is 13.2 Å². The summed E-state index contributed by atoms with van der Waals surface area (Å²) in [5.74, 6) is -0.375. The number of fused-ring (bicyclic) bond motifs is 1. The van der Waals surface area contributed by atoms with Gasteiger partial charge in [0.1, 0.15) is 25.1 Å². The number of rotatable bonds is 3. The van der Waals surface area contributed by atoms with Crippen LogP contribution in [-0.2, 0) is 11.0 Å². The molecular weight excluding hydrogens is 261 g/mol. The minimum absolute atomic E-state index is 0.0849. The lowest BCUT2D eigenvalue weighted by Crippen LogP contribution is -2.21. The summed E-state index contributed by atoms with van der Waals surface area (Å²) in [6.45, 7) is 2.05. The first-order chi connectivity index (χ1) is 8.95. The van der Waals surface area contributed by atoms with Gasteiger partial charge in [-0.2, -0.15) is 13.2 Å². The zero-order valence-electron chi connectivity index (χ0n) is 10.3. The third-order valence-corrected chi connectivity index (χ3v) is 3.00. The maximum atomic E-state index is 12.9. The molecule has 0 aromatic heterocycles. The Balaban J connectivity index is 2.52. The van der Waals surface area contributed by atoms with Gasteiger partial charge in [0.25, 0.3) is 0 Å². The van der Waals surface area contributed by atoms with Gasteiger partial charge in [-0.3, -0.25) is 0 Å². The van der Waals surface area contributed by atoms with Gasteiger partial charge in [0, 0.05) is 12.0 Å². The van der Waals surface area contributed by atoms with Gasteiger partial charge in [0.05, 0.1) is 0 Å². The van der Waals surface area contributed by atoms with Crippen LogP contribution in [0.5, 0.6) is 11.5 Å².